The third-order valence-electron chi connectivity index (χ3n) is 6.10. The zero-order valence-corrected chi connectivity index (χ0v) is 19.9. The van der Waals surface area contributed by atoms with Crippen LogP contribution < -0.4 is 14.4 Å². The molecule has 0 aliphatic carbocycles. The van der Waals surface area contributed by atoms with Gasteiger partial charge in [0.05, 0.1) is 30.0 Å². The number of hydrogen-bond acceptors (Lipinski definition) is 6. The highest BCUT2D eigenvalue weighted by Gasteiger charge is 2.48. The Bertz CT molecular complexity index is 1510. The highest BCUT2D eigenvalue weighted by Crippen LogP contribution is 2.46. The molecule has 1 aliphatic heterocycles. The summed E-state index contributed by atoms with van der Waals surface area (Å²) in [7, 11) is 1.45. The number of carbonyl (C=O) groups excluding carboxylic acids is 2. The van der Waals surface area contributed by atoms with E-state index in [0.717, 1.165) is 0 Å². The van der Waals surface area contributed by atoms with Crippen LogP contribution in [0.15, 0.2) is 109 Å². The molecule has 0 bridgehead atoms. The van der Waals surface area contributed by atoms with Crippen LogP contribution in [0.1, 0.15) is 17.2 Å². The van der Waals surface area contributed by atoms with Gasteiger partial charge in [-0.25, -0.2) is 0 Å². The van der Waals surface area contributed by atoms with Crippen LogP contribution in [-0.4, -0.2) is 29.0 Å². The zero-order chi connectivity index (χ0) is 25.9. The largest absolute Gasteiger partial charge is 0.507 e. The standard InChI is InChI=1S/C30H23NO6/c1-36-25-17-8-5-14-22(25)28(33)26-27(31(30(35)29(26)34)23-15-6-7-16-24(23)32)19-10-9-13-21(18-19)37-20-11-3-2-4-12-20/h2-18,27,32-33H,1H3/b28-26-. The molecule has 1 aliphatic rings. The van der Waals surface area contributed by atoms with E-state index in [1.807, 2.05) is 30.3 Å². The number of hydrogen-bond donors (Lipinski definition) is 2. The molecule has 1 fully saturated rings. The first-order valence-electron chi connectivity index (χ1n) is 11.5. The summed E-state index contributed by atoms with van der Waals surface area (Å²) in [5.41, 5.74) is 0.784. The minimum absolute atomic E-state index is 0.130. The average Bonchev–Trinajstić information content (AvgIpc) is 3.19. The summed E-state index contributed by atoms with van der Waals surface area (Å²) in [6.45, 7) is 0. The Labute approximate surface area is 213 Å². The number of phenolic OH excluding ortho intramolecular Hbond substituents is 1. The Hall–Kier alpha value is -5.04. The molecule has 1 unspecified atom stereocenters. The molecule has 0 spiro atoms. The number of carbonyl (C=O) groups is 2. The van der Waals surface area contributed by atoms with Crippen LogP contribution in [0.5, 0.6) is 23.0 Å². The molecule has 4 aromatic carbocycles. The summed E-state index contributed by atoms with van der Waals surface area (Å²) >= 11 is 0. The molecule has 7 nitrogen and oxygen atoms in total. The summed E-state index contributed by atoms with van der Waals surface area (Å²) < 4.78 is 11.4. The number of ether oxygens (including phenoxy) is 2. The number of aliphatic hydroxyl groups is 1. The topological polar surface area (TPSA) is 96.3 Å². The van der Waals surface area contributed by atoms with E-state index in [1.165, 1.54) is 18.1 Å². The van der Waals surface area contributed by atoms with E-state index in [0.29, 0.717) is 22.8 Å². The molecule has 184 valence electrons. The van der Waals surface area contributed by atoms with E-state index in [4.69, 9.17) is 9.47 Å². The van der Waals surface area contributed by atoms with Crippen molar-refractivity contribution in [1.29, 1.82) is 0 Å². The predicted octanol–water partition coefficient (Wildman–Crippen LogP) is 5.82. The predicted molar refractivity (Wildman–Crippen MR) is 139 cm³/mol. The summed E-state index contributed by atoms with van der Waals surface area (Å²) in [4.78, 5) is 28.0. The summed E-state index contributed by atoms with van der Waals surface area (Å²) in [6.07, 6.45) is 0. The SMILES string of the molecule is COc1ccccc1/C(O)=C1/C(=O)C(=O)N(c2ccccc2O)C1c1cccc(Oc2ccccc2)c1. The van der Waals surface area contributed by atoms with Crippen LogP contribution in [0, 0.1) is 0 Å². The van der Waals surface area contributed by atoms with Gasteiger partial charge in [-0.3, -0.25) is 14.5 Å². The van der Waals surface area contributed by atoms with E-state index < -0.39 is 17.7 Å². The smallest absolute Gasteiger partial charge is 0.300 e. The highest BCUT2D eigenvalue weighted by molar-refractivity contribution is 6.52. The Morgan fingerprint density at radius 1 is 0.811 bits per heavy atom. The number of ketones is 1. The van der Waals surface area contributed by atoms with E-state index in [-0.39, 0.29) is 28.3 Å². The number of para-hydroxylation sites is 4. The van der Waals surface area contributed by atoms with Crippen LogP contribution in [0.25, 0.3) is 5.76 Å². The fraction of sp³-hybridized carbons (Fsp3) is 0.0667. The highest BCUT2D eigenvalue weighted by atomic mass is 16.5. The minimum atomic E-state index is -1.04. The monoisotopic (exact) mass is 493 g/mol. The van der Waals surface area contributed by atoms with Crippen molar-refractivity contribution in [3.63, 3.8) is 0 Å². The van der Waals surface area contributed by atoms with Crippen molar-refractivity contribution in [2.75, 3.05) is 12.0 Å². The maximum absolute atomic E-state index is 13.4. The number of rotatable bonds is 6. The number of amides is 1. The first kappa shape index (κ1) is 23.7. The Balaban J connectivity index is 1.70. The molecule has 1 saturated heterocycles. The molecule has 5 rings (SSSR count). The van der Waals surface area contributed by atoms with Crippen molar-refractivity contribution in [3.8, 4) is 23.0 Å². The van der Waals surface area contributed by atoms with Crippen LogP contribution in [0.3, 0.4) is 0 Å². The second-order valence-electron chi connectivity index (χ2n) is 8.35. The normalized spacial score (nSPS) is 16.6. The number of nitrogens with zero attached hydrogens (tertiary/aromatic N) is 1. The molecule has 1 amide bonds. The summed E-state index contributed by atoms with van der Waals surface area (Å²) in [5, 5.41) is 22.0. The fourth-order valence-corrected chi connectivity index (χ4v) is 4.42. The van der Waals surface area contributed by atoms with Gasteiger partial charge in [-0.2, -0.15) is 0 Å². The fourth-order valence-electron chi connectivity index (χ4n) is 4.42. The third kappa shape index (κ3) is 4.38. The third-order valence-corrected chi connectivity index (χ3v) is 6.10. The van der Waals surface area contributed by atoms with Crippen LogP contribution in [-0.2, 0) is 9.59 Å². The van der Waals surface area contributed by atoms with E-state index in [2.05, 4.69) is 0 Å². The molecule has 7 heteroatoms. The molecule has 0 aromatic heterocycles. The second-order valence-corrected chi connectivity index (χ2v) is 8.35. The molecule has 0 saturated carbocycles. The lowest BCUT2D eigenvalue weighted by atomic mass is 9.94. The lowest BCUT2D eigenvalue weighted by molar-refractivity contribution is -0.132. The second kappa shape index (κ2) is 9.91. The van der Waals surface area contributed by atoms with Gasteiger partial charge < -0.3 is 19.7 Å². The van der Waals surface area contributed by atoms with Gasteiger partial charge in [-0.05, 0) is 54.1 Å². The van der Waals surface area contributed by atoms with Gasteiger partial charge in [-0.1, -0.05) is 54.6 Å². The molecule has 1 heterocycles. The molecular weight excluding hydrogens is 470 g/mol. The number of aromatic hydroxyl groups is 1. The van der Waals surface area contributed by atoms with Gasteiger partial charge in [0.15, 0.2) is 0 Å². The van der Waals surface area contributed by atoms with Crippen molar-refractivity contribution < 1.29 is 29.3 Å². The maximum Gasteiger partial charge on any atom is 0.300 e. The van der Waals surface area contributed by atoms with E-state index >= 15 is 0 Å². The van der Waals surface area contributed by atoms with Gasteiger partial charge in [-0.15, -0.1) is 0 Å². The first-order valence-corrected chi connectivity index (χ1v) is 11.5. The van der Waals surface area contributed by atoms with Crippen molar-refractivity contribution in [2.45, 2.75) is 6.04 Å². The van der Waals surface area contributed by atoms with Crippen LogP contribution in [0.4, 0.5) is 5.69 Å². The lowest BCUT2D eigenvalue weighted by Crippen LogP contribution is -2.29. The number of methoxy groups -OCH3 is 1. The van der Waals surface area contributed by atoms with Crippen molar-refractivity contribution in [1.82, 2.24) is 0 Å². The average molecular weight is 494 g/mol. The zero-order valence-electron chi connectivity index (χ0n) is 19.9. The molecule has 0 radical (unpaired) electrons. The Morgan fingerprint density at radius 3 is 2.24 bits per heavy atom. The van der Waals surface area contributed by atoms with Crippen molar-refractivity contribution >= 4 is 23.1 Å². The van der Waals surface area contributed by atoms with Gasteiger partial charge in [0.2, 0.25) is 0 Å². The molecule has 1 atom stereocenters. The molecule has 37 heavy (non-hydrogen) atoms. The van der Waals surface area contributed by atoms with Crippen molar-refractivity contribution in [2.24, 2.45) is 0 Å². The minimum Gasteiger partial charge on any atom is -0.507 e. The van der Waals surface area contributed by atoms with E-state index in [9.17, 15) is 19.8 Å². The molecule has 2 N–H and O–H groups in total. The number of anilines is 1. The van der Waals surface area contributed by atoms with Crippen molar-refractivity contribution in [3.05, 3.63) is 120 Å². The van der Waals surface area contributed by atoms with Crippen LogP contribution >= 0.6 is 0 Å². The van der Waals surface area contributed by atoms with Crippen LogP contribution in [0.2, 0.25) is 0 Å². The summed E-state index contributed by atoms with van der Waals surface area (Å²) in [5.74, 6) is -0.888. The maximum atomic E-state index is 13.4. The van der Waals surface area contributed by atoms with Gasteiger partial charge in [0.1, 0.15) is 28.8 Å². The number of aliphatic hydroxyl groups excluding tert-OH is 1. The van der Waals surface area contributed by atoms with Gasteiger partial charge in [0, 0.05) is 0 Å². The lowest BCUT2D eigenvalue weighted by Gasteiger charge is -2.26. The first-order chi connectivity index (χ1) is 18.0. The number of phenols is 1. The Morgan fingerprint density at radius 2 is 1.49 bits per heavy atom. The molecule has 4 aromatic rings. The van der Waals surface area contributed by atoms with Gasteiger partial charge in [0.25, 0.3) is 11.7 Å². The quantitative estimate of drug-likeness (QED) is 0.200. The summed E-state index contributed by atoms with van der Waals surface area (Å²) in [6, 6.07) is 28.0. The Kier molecular flexibility index (Phi) is 6.34. The van der Waals surface area contributed by atoms with Gasteiger partial charge >= 0.3 is 0 Å². The van der Waals surface area contributed by atoms with E-state index in [1.54, 1.807) is 66.7 Å². The number of Topliss-reactive ketones (excluding diaryl/α,β-unsaturated/α-hetero) is 1. The molecular formula is C30H23NO6. The number of benzene rings is 4.